The summed E-state index contributed by atoms with van der Waals surface area (Å²) in [7, 11) is 0. The second kappa shape index (κ2) is 7.92. The van der Waals surface area contributed by atoms with Gasteiger partial charge in [0.05, 0.1) is 12.6 Å². The Morgan fingerprint density at radius 1 is 1.24 bits per heavy atom. The van der Waals surface area contributed by atoms with E-state index in [2.05, 4.69) is 15.5 Å². The molecule has 3 rings (SSSR count). The fourth-order valence-corrected chi connectivity index (χ4v) is 3.07. The lowest BCUT2D eigenvalue weighted by molar-refractivity contribution is -0.132. The molecule has 7 heteroatoms. The Hall–Kier alpha value is -2.70. The lowest BCUT2D eigenvalue weighted by Gasteiger charge is -2.28. The molecule has 1 atom stereocenters. The molecule has 0 bridgehead atoms. The summed E-state index contributed by atoms with van der Waals surface area (Å²) in [5, 5.41) is 6.69. The summed E-state index contributed by atoms with van der Waals surface area (Å²) < 4.78 is 5.07. The molecule has 1 fully saturated rings. The van der Waals surface area contributed by atoms with Gasteiger partial charge < -0.3 is 14.7 Å². The maximum Gasteiger partial charge on any atom is 0.251 e. The molecule has 25 heavy (non-hydrogen) atoms. The van der Waals surface area contributed by atoms with E-state index in [1.807, 2.05) is 6.07 Å². The zero-order valence-electron chi connectivity index (χ0n) is 14.3. The second-order valence-corrected chi connectivity index (χ2v) is 6.17. The first-order chi connectivity index (χ1) is 12.1. The first-order valence-electron chi connectivity index (χ1n) is 8.58. The highest BCUT2D eigenvalue weighted by Crippen LogP contribution is 2.28. The maximum absolute atomic E-state index is 12.7. The molecule has 0 saturated carbocycles. The Morgan fingerprint density at radius 3 is 2.76 bits per heavy atom. The van der Waals surface area contributed by atoms with Gasteiger partial charge in [-0.05, 0) is 25.0 Å². The van der Waals surface area contributed by atoms with E-state index >= 15 is 0 Å². The van der Waals surface area contributed by atoms with Gasteiger partial charge in [-0.15, -0.1) is 0 Å². The fraction of sp³-hybridized carbons (Fsp3) is 0.444. The summed E-state index contributed by atoms with van der Waals surface area (Å²) in [6, 6.07) is 8.67. The molecule has 1 aliphatic heterocycles. The van der Waals surface area contributed by atoms with Crippen molar-refractivity contribution in [3.8, 4) is 0 Å². The summed E-state index contributed by atoms with van der Waals surface area (Å²) in [5.74, 6) is 0.653. The zero-order chi connectivity index (χ0) is 17.6. The molecule has 0 spiro atoms. The van der Waals surface area contributed by atoms with Crippen molar-refractivity contribution in [1.29, 1.82) is 0 Å². The van der Waals surface area contributed by atoms with Gasteiger partial charge in [-0.3, -0.25) is 9.59 Å². The van der Waals surface area contributed by atoms with E-state index in [1.54, 1.807) is 36.1 Å². The van der Waals surface area contributed by atoms with E-state index < -0.39 is 0 Å². The predicted octanol–water partition coefficient (Wildman–Crippen LogP) is 2.25. The molecule has 1 unspecified atom stereocenters. The van der Waals surface area contributed by atoms with Crippen molar-refractivity contribution >= 4 is 11.8 Å². The van der Waals surface area contributed by atoms with Crippen LogP contribution in [-0.4, -0.2) is 39.9 Å². The molecule has 132 valence electrons. The summed E-state index contributed by atoms with van der Waals surface area (Å²) in [4.78, 5) is 30.9. The van der Waals surface area contributed by atoms with Crippen LogP contribution in [0.15, 0.2) is 34.9 Å². The molecule has 2 amide bonds. The number of aryl methyl sites for hydroxylation is 1. The molecular weight excluding hydrogens is 320 g/mol. The standard InChI is InChI=1S/C18H22N4O3/c1-13-20-17(21-25-13)15-10-6-3-7-11-22(15)16(23)12-19-18(24)14-8-4-2-5-9-14/h2,4-5,8-9,15H,3,6-7,10-12H2,1H3,(H,19,24). The lowest BCUT2D eigenvalue weighted by atomic mass is 10.1. The van der Waals surface area contributed by atoms with Crippen LogP contribution in [0.4, 0.5) is 0 Å². The van der Waals surface area contributed by atoms with Crippen LogP contribution in [0.2, 0.25) is 0 Å². The minimum atomic E-state index is -0.254. The molecule has 7 nitrogen and oxygen atoms in total. The molecule has 1 N–H and O–H groups in total. The topological polar surface area (TPSA) is 88.3 Å². The van der Waals surface area contributed by atoms with Crippen LogP contribution in [0.25, 0.3) is 0 Å². The number of nitrogens with one attached hydrogen (secondary N) is 1. The van der Waals surface area contributed by atoms with Gasteiger partial charge >= 0.3 is 0 Å². The number of nitrogens with zero attached hydrogens (tertiary/aromatic N) is 3. The number of carbonyl (C=O) groups excluding carboxylic acids is 2. The highest BCUT2D eigenvalue weighted by atomic mass is 16.5. The predicted molar refractivity (Wildman–Crippen MR) is 90.7 cm³/mol. The van der Waals surface area contributed by atoms with Gasteiger partial charge in [0.1, 0.15) is 0 Å². The van der Waals surface area contributed by atoms with Gasteiger partial charge in [-0.25, -0.2) is 0 Å². The highest BCUT2D eigenvalue weighted by Gasteiger charge is 2.30. The normalized spacial score (nSPS) is 17.8. The highest BCUT2D eigenvalue weighted by molar-refractivity contribution is 5.96. The SMILES string of the molecule is Cc1nc(C2CCCCCN2C(=O)CNC(=O)c2ccccc2)no1. The molecule has 2 aromatic rings. The van der Waals surface area contributed by atoms with Gasteiger partial charge in [-0.2, -0.15) is 4.98 Å². The van der Waals surface area contributed by atoms with Crippen molar-refractivity contribution in [2.75, 3.05) is 13.1 Å². The average Bonchev–Trinajstić information content (AvgIpc) is 2.92. The van der Waals surface area contributed by atoms with E-state index in [-0.39, 0.29) is 24.4 Å². The van der Waals surface area contributed by atoms with E-state index in [1.165, 1.54) is 0 Å². The third-order valence-electron chi connectivity index (χ3n) is 4.35. The van der Waals surface area contributed by atoms with Crippen molar-refractivity contribution in [3.63, 3.8) is 0 Å². The van der Waals surface area contributed by atoms with Gasteiger partial charge in [0.15, 0.2) is 5.82 Å². The first kappa shape index (κ1) is 17.1. The Kier molecular flexibility index (Phi) is 5.42. The molecule has 2 heterocycles. The number of likely N-dealkylation sites (tertiary alicyclic amines) is 1. The molecule has 0 radical (unpaired) electrons. The maximum atomic E-state index is 12.7. The number of hydrogen-bond acceptors (Lipinski definition) is 5. The van der Waals surface area contributed by atoms with E-state index in [0.29, 0.717) is 23.8 Å². The van der Waals surface area contributed by atoms with Crippen molar-refractivity contribution in [1.82, 2.24) is 20.4 Å². The number of benzene rings is 1. The molecule has 1 aliphatic rings. The van der Waals surface area contributed by atoms with Crippen molar-refractivity contribution in [2.45, 2.75) is 38.6 Å². The first-order valence-corrected chi connectivity index (χ1v) is 8.58. The largest absolute Gasteiger partial charge is 0.343 e. The Labute approximate surface area is 146 Å². The third-order valence-corrected chi connectivity index (χ3v) is 4.35. The average molecular weight is 342 g/mol. The van der Waals surface area contributed by atoms with Gasteiger partial charge in [-0.1, -0.05) is 36.2 Å². The molecule has 1 saturated heterocycles. The number of rotatable bonds is 4. The Bertz CT molecular complexity index is 729. The van der Waals surface area contributed by atoms with Crippen molar-refractivity contribution < 1.29 is 14.1 Å². The third kappa shape index (κ3) is 4.23. The molecule has 0 aliphatic carbocycles. The van der Waals surface area contributed by atoms with Crippen LogP contribution in [0.1, 0.15) is 53.8 Å². The van der Waals surface area contributed by atoms with Gasteiger partial charge in [0.25, 0.3) is 5.91 Å². The van der Waals surface area contributed by atoms with E-state index in [4.69, 9.17) is 4.52 Å². The van der Waals surface area contributed by atoms with Crippen LogP contribution in [0.5, 0.6) is 0 Å². The Morgan fingerprint density at radius 2 is 2.04 bits per heavy atom. The molecule has 1 aromatic heterocycles. The minimum absolute atomic E-state index is 0.0406. The van der Waals surface area contributed by atoms with Crippen molar-refractivity contribution in [2.24, 2.45) is 0 Å². The van der Waals surface area contributed by atoms with Gasteiger partial charge in [0.2, 0.25) is 11.8 Å². The van der Waals surface area contributed by atoms with Crippen molar-refractivity contribution in [3.05, 3.63) is 47.6 Å². The quantitative estimate of drug-likeness (QED) is 0.920. The number of carbonyl (C=O) groups is 2. The number of aromatic nitrogens is 2. The summed E-state index contributed by atoms with van der Waals surface area (Å²) in [5.41, 5.74) is 0.538. The van der Waals surface area contributed by atoms with Crippen LogP contribution < -0.4 is 5.32 Å². The Balaban J connectivity index is 1.66. The summed E-state index contributed by atoms with van der Waals surface area (Å²) in [6.45, 7) is 2.33. The molecular formula is C18H22N4O3. The lowest BCUT2D eigenvalue weighted by Crippen LogP contribution is -2.42. The summed E-state index contributed by atoms with van der Waals surface area (Å²) in [6.07, 6.45) is 3.81. The van der Waals surface area contributed by atoms with Gasteiger partial charge in [0, 0.05) is 19.0 Å². The van der Waals surface area contributed by atoms with Crippen LogP contribution >= 0.6 is 0 Å². The second-order valence-electron chi connectivity index (χ2n) is 6.17. The molecule has 1 aromatic carbocycles. The fourth-order valence-electron chi connectivity index (χ4n) is 3.07. The minimum Gasteiger partial charge on any atom is -0.343 e. The van der Waals surface area contributed by atoms with Crippen LogP contribution in [0.3, 0.4) is 0 Å². The number of hydrogen-bond donors (Lipinski definition) is 1. The zero-order valence-corrected chi connectivity index (χ0v) is 14.3. The van der Waals surface area contributed by atoms with Crippen LogP contribution in [-0.2, 0) is 4.79 Å². The monoisotopic (exact) mass is 342 g/mol. The summed E-state index contributed by atoms with van der Waals surface area (Å²) >= 11 is 0. The number of amides is 2. The van der Waals surface area contributed by atoms with E-state index in [9.17, 15) is 9.59 Å². The smallest absolute Gasteiger partial charge is 0.251 e. The van der Waals surface area contributed by atoms with E-state index in [0.717, 1.165) is 25.7 Å². The van der Waals surface area contributed by atoms with Crippen LogP contribution in [0, 0.1) is 6.92 Å².